The van der Waals surface area contributed by atoms with E-state index < -0.39 is 12.1 Å². The first kappa shape index (κ1) is 16.0. The van der Waals surface area contributed by atoms with Gasteiger partial charge in [0.05, 0.1) is 24.8 Å². The van der Waals surface area contributed by atoms with Gasteiger partial charge in [0.15, 0.2) is 0 Å². The number of aliphatic hydroxyl groups excluding tert-OH is 1. The maximum Gasteiger partial charge on any atom is 0.127 e. The van der Waals surface area contributed by atoms with Gasteiger partial charge in [-0.05, 0) is 18.1 Å². The lowest BCUT2D eigenvalue weighted by molar-refractivity contribution is 0.0959. The minimum Gasteiger partial charge on any atom is -0.507 e. The van der Waals surface area contributed by atoms with Crippen LogP contribution in [-0.4, -0.2) is 23.4 Å². The predicted molar refractivity (Wildman–Crippen MR) is 69.7 cm³/mol. The van der Waals surface area contributed by atoms with Gasteiger partial charge in [0.1, 0.15) is 11.5 Å². The molecule has 0 bridgehead atoms. The largest absolute Gasteiger partial charge is 0.507 e. The van der Waals surface area contributed by atoms with Crippen LogP contribution in [0.3, 0.4) is 0 Å². The van der Waals surface area contributed by atoms with Crippen molar-refractivity contribution in [2.45, 2.75) is 26.0 Å². The van der Waals surface area contributed by atoms with Crippen molar-refractivity contribution in [3.05, 3.63) is 23.8 Å². The minimum absolute atomic E-state index is 0. The Hall–Kier alpha value is -0.970. The van der Waals surface area contributed by atoms with Gasteiger partial charge in [0, 0.05) is 0 Å². The van der Waals surface area contributed by atoms with Gasteiger partial charge < -0.3 is 20.7 Å². The van der Waals surface area contributed by atoms with Crippen LogP contribution < -0.4 is 10.5 Å². The number of benzene rings is 1. The lowest BCUT2D eigenvalue weighted by Gasteiger charge is -2.24. The summed E-state index contributed by atoms with van der Waals surface area (Å²) in [6.07, 6.45) is -0.720. The van der Waals surface area contributed by atoms with Crippen molar-refractivity contribution in [2.24, 2.45) is 11.7 Å². The van der Waals surface area contributed by atoms with Crippen molar-refractivity contribution < 1.29 is 14.9 Å². The summed E-state index contributed by atoms with van der Waals surface area (Å²) < 4.78 is 5.13. The topological polar surface area (TPSA) is 75.7 Å². The molecule has 5 heteroatoms. The number of phenolic OH excluding ortho intramolecular Hbond substituents is 1. The molecule has 0 saturated carbocycles. The zero-order valence-electron chi connectivity index (χ0n) is 10.3. The molecule has 1 aromatic rings. The van der Waals surface area contributed by atoms with E-state index in [0.29, 0.717) is 11.3 Å². The van der Waals surface area contributed by atoms with Crippen LogP contribution in [-0.2, 0) is 0 Å². The highest BCUT2D eigenvalue weighted by Crippen LogP contribution is 2.34. The Balaban J connectivity index is 0.00000256. The molecule has 0 heterocycles. The third kappa shape index (κ3) is 3.49. The summed E-state index contributed by atoms with van der Waals surface area (Å²) in [7, 11) is 1.51. The Bertz CT molecular complexity index is 358. The Morgan fingerprint density at radius 3 is 2.35 bits per heavy atom. The molecule has 1 aromatic carbocycles. The summed E-state index contributed by atoms with van der Waals surface area (Å²) >= 11 is 0. The SMILES string of the molecule is COc1cccc(O)c1[C@H](N)[C@H](O)C(C)C.Cl. The summed E-state index contributed by atoms with van der Waals surface area (Å²) in [5.74, 6) is 0.554. The van der Waals surface area contributed by atoms with Crippen LogP contribution in [0.5, 0.6) is 11.5 Å². The monoisotopic (exact) mass is 261 g/mol. The second-order valence-electron chi connectivity index (χ2n) is 4.15. The van der Waals surface area contributed by atoms with E-state index >= 15 is 0 Å². The van der Waals surface area contributed by atoms with Crippen molar-refractivity contribution in [1.82, 2.24) is 0 Å². The zero-order valence-corrected chi connectivity index (χ0v) is 11.1. The van der Waals surface area contributed by atoms with Gasteiger partial charge in [-0.3, -0.25) is 0 Å². The lowest BCUT2D eigenvalue weighted by Crippen LogP contribution is -2.30. The fourth-order valence-electron chi connectivity index (χ4n) is 1.63. The van der Waals surface area contributed by atoms with Crippen LogP contribution in [0, 0.1) is 5.92 Å². The van der Waals surface area contributed by atoms with Crippen LogP contribution in [0.1, 0.15) is 25.5 Å². The highest BCUT2D eigenvalue weighted by molar-refractivity contribution is 5.85. The maximum atomic E-state index is 9.90. The number of rotatable bonds is 4. The molecule has 4 nitrogen and oxygen atoms in total. The number of aromatic hydroxyl groups is 1. The van der Waals surface area contributed by atoms with Crippen LogP contribution in [0.4, 0.5) is 0 Å². The van der Waals surface area contributed by atoms with Crippen molar-refractivity contribution in [1.29, 1.82) is 0 Å². The number of hydrogen-bond donors (Lipinski definition) is 3. The van der Waals surface area contributed by atoms with Crippen molar-refractivity contribution in [2.75, 3.05) is 7.11 Å². The normalized spacial score (nSPS) is 14.0. The standard InChI is InChI=1S/C12H19NO3.ClH/c1-7(2)12(15)11(13)10-8(14)5-4-6-9(10)16-3;/h4-7,11-12,14-15H,13H2,1-3H3;1H/t11-,12+;/m0./s1. The number of halogens is 1. The molecule has 0 radical (unpaired) electrons. The van der Waals surface area contributed by atoms with Gasteiger partial charge in [-0.1, -0.05) is 19.9 Å². The molecule has 1 rings (SSSR count). The molecule has 4 N–H and O–H groups in total. The molecule has 0 aliphatic carbocycles. The van der Waals surface area contributed by atoms with Gasteiger partial charge in [0.25, 0.3) is 0 Å². The first-order valence-electron chi connectivity index (χ1n) is 5.28. The average molecular weight is 262 g/mol. The second-order valence-corrected chi connectivity index (χ2v) is 4.15. The van der Waals surface area contributed by atoms with E-state index in [0.717, 1.165) is 0 Å². The van der Waals surface area contributed by atoms with Gasteiger partial charge in [-0.25, -0.2) is 0 Å². The van der Waals surface area contributed by atoms with Crippen LogP contribution in [0.15, 0.2) is 18.2 Å². The summed E-state index contributed by atoms with van der Waals surface area (Å²) in [5, 5.41) is 19.7. The number of methoxy groups -OCH3 is 1. The van der Waals surface area contributed by atoms with Crippen LogP contribution in [0.2, 0.25) is 0 Å². The third-order valence-electron chi connectivity index (χ3n) is 2.65. The summed E-state index contributed by atoms with van der Waals surface area (Å²) in [6, 6.07) is 4.26. The van der Waals surface area contributed by atoms with Crippen LogP contribution >= 0.6 is 12.4 Å². The molecule has 0 aliphatic heterocycles. The third-order valence-corrected chi connectivity index (χ3v) is 2.65. The Morgan fingerprint density at radius 1 is 1.29 bits per heavy atom. The highest BCUT2D eigenvalue weighted by Gasteiger charge is 2.25. The van der Waals surface area contributed by atoms with E-state index in [4.69, 9.17) is 10.5 Å². The molecule has 0 unspecified atom stereocenters. The molecule has 0 aromatic heterocycles. The zero-order chi connectivity index (χ0) is 12.3. The van der Waals surface area contributed by atoms with Crippen molar-refractivity contribution in [3.63, 3.8) is 0 Å². The Kier molecular flexibility index (Phi) is 6.31. The summed E-state index contributed by atoms with van der Waals surface area (Å²) in [6.45, 7) is 3.74. The van der Waals surface area contributed by atoms with Gasteiger partial charge in [-0.15, -0.1) is 12.4 Å². The quantitative estimate of drug-likeness (QED) is 0.773. The number of aliphatic hydroxyl groups is 1. The van der Waals surface area contributed by atoms with Crippen LogP contribution in [0.25, 0.3) is 0 Å². The fraction of sp³-hybridized carbons (Fsp3) is 0.500. The molecule has 0 spiro atoms. The molecule has 0 fully saturated rings. The van der Waals surface area contributed by atoms with Gasteiger partial charge in [-0.2, -0.15) is 0 Å². The second kappa shape index (κ2) is 6.69. The average Bonchev–Trinajstić information content (AvgIpc) is 2.26. The molecule has 0 aliphatic rings. The minimum atomic E-state index is -0.720. The van der Waals surface area contributed by atoms with E-state index in [1.807, 2.05) is 13.8 Å². The predicted octanol–water partition coefficient (Wildman–Crippen LogP) is 1.84. The van der Waals surface area contributed by atoms with Crippen molar-refractivity contribution >= 4 is 12.4 Å². The number of hydrogen-bond acceptors (Lipinski definition) is 4. The van der Waals surface area contributed by atoms with E-state index in [9.17, 15) is 10.2 Å². The summed E-state index contributed by atoms with van der Waals surface area (Å²) in [4.78, 5) is 0. The first-order valence-corrected chi connectivity index (χ1v) is 5.28. The molecule has 17 heavy (non-hydrogen) atoms. The number of phenols is 1. The first-order chi connectivity index (χ1) is 7.49. The molecule has 0 saturated heterocycles. The van der Waals surface area contributed by atoms with E-state index in [1.165, 1.54) is 13.2 Å². The number of nitrogens with two attached hydrogens (primary N) is 1. The molecule has 98 valence electrons. The van der Waals surface area contributed by atoms with Gasteiger partial charge >= 0.3 is 0 Å². The Labute approximate surface area is 108 Å². The maximum absolute atomic E-state index is 9.90. The van der Waals surface area contributed by atoms with Gasteiger partial charge in [0.2, 0.25) is 0 Å². The van der Waals surface area contributed by atoms with E-state index in [-0.39, 0.29) is 24.1 Å². The lowest BCUT2D eigenvalue weighted by atomic mass is 9.93. The van der Waals surface area contributed by atoms with E-state index in [2.05, 4.69) is 0 Å². The number of ether oxygens (including phenoxy) is 1. The van der Waals surface area contributed by atoms with Crippen molar-refractivity contribution in [3.8, 4) is 11.5 Å². The molecule has 0 amide bonds. The molecular weight excluding hydrogens is 242 g/mol. The smallest absolute Gasteiger partial charge is 0.127 e. The Morgan fingerprint density at radius 2 is 1.88 bits per heavy atom. The summed E-state index contributed by atoms with van der Waals surface area (Å²) in [5.41, 5.74) is 6.38. The highest BCUT2D eigenvalue weighted by atomic mass is 35.5. The van der Waals surface area contributed by atoms with E-state index in [1.54, 1.807) is 12.1 Å². The molecule has 2 atom stereocenters. The molecular formula is C12H20ClNO3. The fourth-order valence-corrected chi connectivity index (χ4v) is 1.63.